The van der Waals surface area contributed by atoms with Crippen LogP contribution in [0, 0.1) is 11.7 Å². The van der Waals surface area contributed by atoms with Gasteiger partial charge in [0.1, 0.15) is 5.56 Å². The zero-order chi connectivity index (χ0) is 22.6. The molecule has 32 heavy (non-hydrogen) atoms. The molecular formula is C23H24N3O5S+. The molecule has 0 saturated heterocycles. The zero-order valence-electron chi connectivity index (χ0n) is 18.0. The van der Waals surface area contributed by atoms with E-state index in [9.17, 15) is 9.90 Å². The number of H-pyrrole nitrogens is 1. The van der Waals surface area contributed by atoms with Crippen molar-refractivity contribution in [3.05, 3.63) is 67.7 Å². The normalized spacial score (nSPS) is 19.0. The number of aromatic amines is 1. The number of methoxy groups -OCH3 is 1. The number of benzene rings is 2. The first-order valence-corrected chi connectivity index (χ1v) is 10.8. The van der Waals surface area contributed by atoms with Crippen molar-refractivity contribution in [1.29, 1.82) is 0 Å². The Hall–Kier alpha value is -3.30. The van der Waals surface area contributed by atoms with Crippen molar-refractivity contribution < 1.29 is 24.2 Å². The van der Waals surface area contributed by atoms with Crippen LogP contribution in [0.4, 0.5) is 0 Å². The molecule has 2 aromatic carbocycles. The fraction of sp³-hybridized carbons (Fsp3) is 0.304. The second-order valence-electron chi connectivity index (χ2n) is 8.17. The first-order valence-electron chi connectivity index (χ1n) is 10.4. The van der Waals surface area contributed by atoms with Gasteiger partial charge in [-0.05, 0) is 48.5 Å². The Bertz CT molecular complexity index is 1350. The van der Waals surface area contributed by atoms with E-state index in [2.05, 4.69) is 4.98 Å². The molecule has 2 aliphatic heterocycles. The van der Waals surface area contributed by atoms with Gasteiger partial charge >= 0.3 is 0 Å². The van der Waals surface area contributed by atoms with Crippen LogP contribution >= 0.6 is 12.2 Å². The van der Waals surface area contributed by atoms with Crippen molar-refractivity contribution in [1.82, 2.24) is 9.55 Å². The minimum atomic E-state index is -0.487. The second-order valence-corrected chi connectivity index (χ2v) is 8.55. The lowest BCUT2D eigenvalue weighted by atomic mass is 9.87. The SMILES string of the molecule is COc1c2c(cc3c1[C@@H](c1c(O)n(-c4cccc(C)c4)c(=S)[nH]c1=O)[NH+](C)CC3)OCO2. The van der Waals surface area contributed by atoms with Gasteiger partial charge in [0.25, 0.3) is 5.56 Å². The van der Waals surface area contributed by atoms with Crippen LogP contribution in [0.3, 0.4) is 0 Å². The molecule has 0 radical (unpaired) electrons. The van der Waals surface area contributed by atoms with Crippen LogP contribution in [0.1, 0.15) is 28.3 Å². The maximum absolute atomic E-state index is 13.2. The summed E-state index contributed by atoms with van der Waals surface area (Å²) in [6.07, 6.45) is 0.778. The topological polar surface area (TPSA) is 90.2 Å². The van der Waals surface area contributed by atoms with Gasteiger partial charge in [0.15, 0.2) is 22.3 Å². The number of hydrogen-bond acceptors (Lipinski definition) is 6. The average molecular weight is 455 g/mol. The van der Waals surface area contributed by atoms with Crippen molar-refractivity contribution in [2.45, 2.75) is 19.4 Å². The number of nitrogens with one attached hydrogen (secondary N) is 2. The number of rotatable bonds is 3. The summed E-state index contributed by atoms with van der Waals surface area (Å²) in [4.78, 5) is 17.0. The largest absolute Gasteiger partial charge is 0.494 e. The molecule has 0 saturated carbocycles. The highest BCUT2D eigenvalue weighted by Crippen LogP contribution is 2.48. The average Bonchev–Trinajstić information content (AvgIpc) is 3.21. The maximum atomic E-state index is 13.2. The Morgan fingerprint density at radius 3 is 2.84 bits per heavy atom. The first kappa shape index (κ1) is 20.6. The number of aromatic hydroxyl groups is 1. The Labute approximate surface area is 189 Å². The summed E-state index contributed by atoms with van der Waals surface area (Å²) in [5.74, 6) is 1.50. The highest BCUT2D eigenvalue weighted by atomic mass is 32.1. The smallest absolute Gasteiger partial charge is 0.265 e. The summed E-state index contributed by atoms with van der Waals surface area (Å²) in [5, 5.41) is 11.4. The molecule has 1 unspecified atom stereocenters. The lowest BCUT2D eigenvalue weighted by Crippen LogP contribution is -3.10. The van der Waals surface area contributed by atoms with E-state index in [0.29, 0.717) is 22.9 Å². The predicted molar refractivity (Wildman–Crippen MR) is 120 cm³/mol. The van der Waals surface area contributed by atoms with E-state index in [0.717, 1.165) is 34.6 Å². The molecule has 5 rings (SSSR count). The second kappa shape index (κ2) is 7.68. The highest BCUT2D eigenvalue weighted by Gasteiger charge is 2.41. The molecule has 0 amide bonds. The monoisotopic (exact) mass is 454 g/mol. The van der Waals surface area contributed by atoms with Gasteiger partial charge in [-0.25, -0.2) is 0 Å². The van der Waals surface area contributed by atoms with Crippen molar-refractivity contribution in [3.8, 4) is 28.8 Å². The van der Waals surface area contributed by atoms with Crippen molar-refractivity contribution in [2.24, 2.45) is 0 Å². The molecule has 3 N–H and O–H groups in total. The molecule has 166 valence electrons. The van der Waals surface area contributed by atoms with Crippen molar-refractivity contribution >= 4 is 12.2 Å². The van der Waals surface area contributed by atoms with E-state index in [1.165, 1.54) is 4.57 Å². The summed E-state index contributed by atoms with van der Waals surface area (Å²) in [5.41, 5.74) is 3.32. The number of ether oxygens (including phenoxy) is 3. The third kappa shape index (κ3) is 3.08. The van der Waals surface area contributed by atoms with Crippen LogP contribution in [-0.2, 0) is 6.42 Å². The molecule has 3 heterocycles. The molecule has 9 heteroatoms. The molecule has 2 aliphatic rings. The molecule has 0 aliphatic carbocycles. The number of likely N-dealkylation sites (N-methyl/N-ethyl adjacent to an activating group) is 1. The van der Waals surface area contributed by atoms with E-state index >= 15 is 0 Å². The van der Waals surface area contributed by atoms with E-state index in [-0.39, 0.29) is 23.0 Å². The van der Waals surface area contributed by atoms with E-state index < -0.39 is 11.6 Å². The predicted octanol–water partition coefficient (Wildman–Crippen LogP) is 1.81. The number of aromatic nitrogens is 2. The fourth-order valence-electron chi connectivity index (χ4n) is 4.72. The van der Waals surface area contributed by atoms with Crippen LogP contribution in [0.2, 0.25) is 0 Å². The Morgan fingerprint density at radius 2 is 2.09 bits per heavy atom. The van der Waals surface area contributed by atoms with Gasteiger partial charge in [-0.3, -0.25) is 14.3 Å². The van der Waals surface area contributed by atoms with Gasteiger partial charge in [-0.2, -0.15) is 0 Å². The molecular weight excluding hydrogens is 430 g/mol. The number of fused-ring (bicyclic) bond motifs is 2. The van der Waals surface area contributed by atoms with Gasteiger partial charge in [-0.15, -0.1) is 0 Å². The summed E-state index contributed by atoms with van der Waals surface area (Å²) in [7, 11) is 3.57. The van der Waals surface area contributed by atoms with Crippen LogP contribution in [0.15, 0.2) is 35.1 Å². The molecule has 1 aromatic heterocycles. The standard InChI is InChI=1S/C23H23N3O5S/c1-12-5-4-6-14(9-12)26-22(28)17(21(27)24-23(26)32)18-16-13(7-8-25(18)2)10-15-19(20(16)29-3)31-11-30-15/h4-6,9-10,18,28H,7-8,11H2,1-3H3,(H,24,27,32)/p+1/t18-/m0/s1. The minimum absolute atomic E-state index is 0.117. The third-order valence-electron chi connectivity index (χ3n) is 6.19. The third-order valence-corrected chi connectivity index (χ3v) is 6.47. The number of nitrogens with zero attached hydrogens (tertiary/aromatic N) is 1. The number of aryl methyl sites for hydroxylation is 1. The molecule has 0 bridgehead atoms. The Morgan fingerprint density at radius 1 is 1.28 bits per heavy atom. The Kier molecular flexibility index (Phi) is 4.94. The molecule has 3 aromatic rings. The first-order chi connectivity index (χ1) is 15.4. The molecule has 2 atom stereocenters. The number of quaternary nitrogens is 1. The van der Waals surface area contributed by atoms with Gasteiger partial charge in [0, 0.05) is 6.42 Å². The van der Waals surface area contributed by atoms with Crippen LogP contribution in [0.25, 0.3) is 5.69 Å². The highest BCUT2D eigenvalue weighted by molar-refractivity contribution is 7.71. The van der Waals surface area contributed by atoms with Gasteiger partial charge < -0.3 is 24.2 Å². The summed E-state index contributed by atoms with van der Waals surface area (Å²) in [6, 6.07) is 9.04. The van der Waals surface area contributed by atoms with Gasteiger partial charge in [-0.1, -0.05) is 12.1 Å². The van der Waals surface area contributed by atoms with Crippen LogP contribution < -0.4 is 24.7 Å². The van der Waals surface area contributed by atoms with Gasteiger partial charge in [0.2, 0.25) is 18.4 Å². The van der Waals surface area contributed by atoms with E-state index in [1.807, 2.05) is 44.3 Å². The summed E-state index contributed by atoms with van der Waals surface area (Å²) < 4.78 is 18.6. The fourth-order valence-corrected chi connectivity index (χ4v) is 5.01. The zero-order valence-corrected chi connectivity index (χ0v) is 18.8. The van der Waals surface area contributed by atoms with Crippen LogP contribution in [-0.4, -0.2) is 42.2 Å². The molecule has 8 nitrogen and oxygen atoms in total. The maximum Gasteiger partial charge on any atom is 0.265 e. The van der Waals surface area contributed by atoms with E-state index in [4.69, 9.17) is 26.4 Å². The lowest BCUT2D eigenvalue weighted by molar-refractivity contribution is -0.908. The van der Waals surface area contributed by atoms with Gasteiger partial charge in [0.05, 0.1) is 32.0 Å². The van der Waals surface area contributed by atoms with Crippen molar-refractivity contribution in [3.63, 3.8) is 0 Å². The molecule has 0 spiro atoms. The lowest BCUT2D eigenvalue weighted by Gasteiger charge is -2.33. The molecule has 0 fully saturated rings. The van der Waals surface area contributed by atoms with E-state index in [1.54, 1.807) is 7.11 Å². The Balaban J connectivity index is 1.79. The van der Waals surface area contributed by atoms with Crippen LogP contribution in [0.5, 0.6) is 23.1 Å². The summed E-state index contributed by atoms with van der Waals surface area (Å²) >= 11 is 5.41. The van der Waals surface area contributed by atoms with Crippen molar-refractivity contribution in [2.75, 3.05) is 27.5 Å². The minimum Gasteiger partial charge on any atom is -0.494 e. The summed E-state index contributed by atoms with van der Waals surface area (Å²) in [6.45, 7) is 2.84. The quantitative estimate of drug-likeness (QED) is 0.523. The number of hydrogen-bond donors (Lipinski definition) is 3.